The molecular weight excluding hydrogens is 268 g/mol. The normalized spacial score (nSPS) is 16.1. The Morgan fingerprint density at radius 3 is 2.24 bits per heavy atom. The van der Waals surface area contributed by atoms with Crippen molar-refractivity contribution < 1.29 is 68.2 Å². The Hall–Kier alpha value is 0.460. The minimum absolute atomic E-state index is 0. The third-order valence-electron chi connectivity index (χ3n) is 1.41. The van der Waals surface area contributed by atoms with Crippen LogP contribution in [0.2, 0.25) is 0 Å². The van der Waals surface area contributed by atoms with Crippen LogP contribution in [0.3, 0.4) is 0 Å². The number of carboxylic acids is 1. The molecule has 2 atom stereocenters. The second-order valence-corrected chi connectivity index (χ2v) is 4.14. The number of hydrogen-bond donors (Lipinski definition) is 4. The van der Waals surface area contributed by atoms with Crippen molar-refractivity contribution in [2.45, 2.75) is 12.1 Å². The molecular formula is C6H13NNaO8P. The molecule has 0 rings (SSSR count). The van der Waals surface area contributed by atoms with E-state index in [-0.39, 0.29) is 29.6 Å². The van der Waals surface area contributed by atoms with E-state index in [4.69, 9.17) is 21.1 Å². The Morgan fingerprint density at radius 2 is 1.88 bits per heavy atom. The van der Waals surface area contributed by atoms with E-state index in [0.717, 1.165) is 0 Å². The number of rotatable bonds is 8. The van der Waals surface area contributed by atoms with Gasteiger partial charge >= 0.3 is 35.5 Å². The van der Waals surface area contributed by atoms with E-state index in [1.54, 1.807) is 0 Å². The maximum absolute atomic E-state index is 11.0. The average Bonchev–Trinajstić information content (AvgIpc) is 2.22. The molecule has 96 valence electrons. The van der Waals surface area contributed by atoms with Gasteiger partial charge in [0.15, 0.2) is 0 Å². The summed E-state index contributed by atoms with van der Waals surface area (Å²) < 4.78 is 19.3. The quantitative estimate of drug-likeness (QED) is 0.251. The molecule has 0 aromatic carbocycles. The van der Waals surface area contributed by atoms with E-state index in [1.807, 2.05) is 0 Å². The number of hydrogen-bond acceptors (Lipinski definition) is 8. The molecule has 0 aliphatic rings. The third kappa shape index (κ3) is 9.09. The molecule has 0 saturated carbocycles. The molecule has 0 aromatic heterocycles. The summed E-state index contributed by atoms with van der Waals surface area (Å²) in [7, 11) is -4.79. The molecule has 0 heterocycles. The van der Waals surface area contributed by atoms with Crippen LogP contribution in [-0.4, -0.2) is 53.3 Å². The molecule has 0 spiro atoms. The minimum Gasteiger partial charge on any atom is -0.756 e. The first-order valence-electron chi connectivity index (χ1n) is 4.16. The van der Waals surface area contributed by atoms with Crippen LogP contribution < -0.4 is 40.2 Å². The van der Waals surface area contributed by atoms with Crippen molar-refractivity contribution in [2.75, 3.05) is 19.8 Å². The van der Waals surface area contributed by atoms with Crippen LogP contribution in [0.15, 0.2) is 0 Å². The first-order valence-corrected chi connectivity index (χ1v) is 5.62. The summed E-state index contributed by atoms with van der Waals surface area (Å²) in [6.45, 7) is -2.24. The van der Waals surface area contributed by atoms with E-state index < -0.39 is 45.8 Å². The molecule has 0 amide bonds. The van der Waals surface area contributed by atoms with E-state index in [0.29, 0.717) is 0 Å². The molecule has 0 bridgehead atoms. The fraction of sp³-hybridized carbons (Fsp3) is 0.833. The summed E-state index contributed by atoms with van der Waals surface area (Å²) in [4.78, 5) is 21.2. The third-order valence-corrected chi connectivity index (χ3v) is 2.44. The van der Waals surface area contributed by atoms with Gasteiger partial charge in [-0.25, -0.2) is 0 Å². The molecule has 11 heteroatoms. The average molecular weight is 281 g/mol. The number of aliphatic carboxylic acids is 1. The van der Waals surface area contributed by atoms with Gasteiger partial charge in [-0.15, -0.1) is 0 Å². The van der Waals surface area contributed by atoms with E-state index >= 15 is 0 Å². The Kier molecular flexibility index (Phi) is 10.9. The first-order chi connectivity index (χ1) is 7.32. The van der Waals surface area contributed by atoms with E-state index in [2.05, 4.69) is 9.05 Å². The zero-order valence-electron chi connectivity index (χ0n) is 9.18. The topological polar surface area (TPSA) is 162 Å². The van der Waals surface area contributed by atoms with Crippen LogP contribution in [0.4, 0.5) is 0 Å². The molecule has 17 heavy (non-hydrogen) atoms. The van der Waals surface area contributed by atoms with Crippen molar-refractivity contribution >= 4 is 13.8 Å². The molecule has 0 aromatic rings. The second kappa shape index (κ2) is 9.40. The van der Waals surface area contributed by atoms with E-state index in [9.17, 15) is 14.3 Å². The molecule has 0 aliphatic heterocycles. The first kappa shape index (κ1) is 19.8. The van der Waals surface area contributed by atoms with Crippen molar-refractivity contribution in [1.29, 1.82) is 0 Å². The van der Waals surface area contributed by atoms with Gasteiger partial charge in [-0.05, 0) is 0 Å². The van der Waals surface area contributed by atoms with Gasteiger partial charge in [0.05, 0.1) is 19.8 Å². The van der Waals surface area contributed by atoms with Gasteiger partial charge in [-0.1, -0.05) is 0 Å². The summed E-state index contributed by atoms with van der Waals surface area (Å²) in [6, 6.07) is -1.51. The zero-order chi connectivity index (χ0) is 12.8. The largest absolute Gasteiger partial charge is 1.00 e. The fourth-order valence-corrected chi connectivity index (χ4v) is 1.48. The summed E-state index contributed by atoms with van der Waals surface area (Å²) in [5, 5.41) is 25.4. The molecule has 0 radical (unpaired) electrons. The van der Waals surface area contributed by atoms with Gasteiger partial charge in [0.25, 0.3) is 7.82 Å². The molecule has 0 aliphatic carbocycles. The van der Waals surface area contributed by atoms with Gasteiger partial charge in [-0.3, -0.25) is 9.36 Å². The maximum atomic E-state index is 11.0. The predicted molar refractivity (Wildman–Crippen MR) is 48.2 cm³/mol. The van der Waals surface area contributed by atoms with Crippen molar-refractivity contribution in [1.82, 2.24) is 0 Å². The zero-order valence-corrected chi connectivity index (χ0v) is 12.1. The molecule has 9 nitrogen and oxygen atoms in total. The molecule has 5 N–H and O–H groups in total. The van der Waals surface area contributed by atoms with Crippen molar-refractivity contribution in [2.24, 2.45) is 5.73 Å². The Balaban J connectivity index is 0. The van der Waals surface area contributed by atoms with Crippen molar-refractivity contribution in [3.63, 3.8) is 0 Å². The van der Waals surface area contributed by atoms with Gasteiger partial charge in [0.2, 0.25) is 0 Å². The van der Waals surface area contributed by atoms with Gasteiger partial charge in [0, 0.05) is 0 Å². The van der Waals surface area contributed by atoms with Gasteiger partial charge in [-0.2, -0.15) is 0 Å². The Bertz CT molecular complexity index is 273. The van der Waals surface area contributed by atoms with Crippen LogP contribution in [0, 0.1) is 0 Å². The molecule has 0 saturated heterocycles. The number of phosphoric acid groups is 1. The van der Waals surface area contributed by atoms with Gasteiger partial charge < -0.3 is 35.0 Å². The number of phosphoric ester groups is 1. The van der Waals surface area contributed by atoms with Crippen molar-refractivity contribution in [3.8, 4) is 0 Å². The monoisotopic (exact) mass is 281 g/mol. The SMILES string of the molecule is NC(COP(=O)([O-])OC(CO)CO)C(=O)O.[Na+]. The number of carboxylic acid groups (broad SMARTS) is 1. The van der Waals surface area contributed by atoms with Crippen LogP contribution in [0.25, 0.3) is 0 Å². The number of nitrogens with two attached hydrogens (primary N) is 1. The van der Waals surface area contributed by atoms with Crippen LogP contribution in [0.5, 0.6) is 0 Å². The van der Waals surface area contributed by atoms with Crippen LogP contribution in [-0.2, 0) is 18.4 Å². The molecule has 0 fully saturated rings. The fourth-order valence-electron chi connectivity index (χ4n) is 0.580. The summed E-state index contributed by atoms with van der Waals surface area (Å²) in [5.74, 6) is -1.43. The minimum atomic E-state index is -4.79. The summed E-state index contributed by atoms with van der Waals surface area (Å²) in [5.41, 5.74) is 4.98. The number of carbonyl (C=O) groups is 1. The van der Waals surface area contributed by atoms with Crippen LogP contribution in [0.1, 0.15) is 0 Å². The number of aliphatic hydroxyl groups is 2. The number of aliphatic hydroxyl groups excluding tert-OH is 2. The van der Waals surface area contributed by atoms with Gasteiger partial charge in [0.1, 0.15) is 12.1 Å². The van der Waals surface area contributed by atoms with E-state index in [1.165, 1.54) is 0 Å². The summed E-state index contributed by atoms with van der Waals surface area (Å²) in [6.07, 6.45) is -1.34. The second-order valence-electron chi connectivity index (χ2n) is 2.78. The summed E-state index contributed by atoms with van der Waals surface area (Å²) >= 11 is 0. The smallest absolute Gasteiger partial charge is 0.756 e. The predicted octanol–water partition coefficient (Wildman–Crippen LogP) is -5.74. The maximum Gasteiger partial charge on any atom is 1.00 e. The van der Waals surface area contributed by atoms with Crippen LogP contribution >= 0.6 is 7.82 Å². The Morgan fingerprint density at radius 1 is 1.41 bits per heavy atom. The standard InChI is InChI=1S/C6H14NO8P.Na/c7-5(6(10)11)3-14-16(12,13)15-4(1-8)2-9;/h4-5,8-9H,1-3,7H2,(H,10,11)(H,12,13);/q;+1/p-1. The molecule has 2 unspecified atom stereocenters. The van der Waals surface area contributed by atoms with Crippen molar-refractivity contribution in [3.05, 3.63) is 0 Å². The Labute approximate surface area is 119 Å².